The van der Waals surface area contributed by atoms with Gasteiger partial charge >= 0.3 is 10.2 Å². The molecule has 0 aliphatic carbocycles. The van der Waals surface area contributed by atoms with Gasteiger partial charge < -0.3 is 16.8 Å². The van der Waals surface area contributed by atoms with Crippen molar-refractivity contribution >= 4 is 55.6 Å². The number of nitrogens with one attached hydrogen (secondary N) is 1. The highest BCUT2D eigenvalue weighted by Gasteiger charge is 2.32. The number of halogens is 1. The van der Waals surface area contributed by atoms with Crippen LogP contribution in [0.15, 0.2) is 69.5 Å². The normalized spacial score (nSPS) is 15.3. The lowest BCUT2D eigenvalue weighted by Crippen LogP contribution is -2.54. The van der Waals surface area contributed by atoms with E-state index < -0.39 is 36.8 Å². The van der Waals surface area contributed by atoms with Crippen LogP contribution in [0.25, 0.3) is 6.08 Å². The SMILES string of the molecule is CC1(C)N=C(N)N=C(N)N1c1ccc(C=CC(=O)Nc2ccc(S(=O)(=O)F)cc2)cc1.CCS(=O)(=O)O. The Balaban J connectivity index is 0.000000717. The number of carbonyl (C=O) groups is 1. The molecule has 1 aliphatic heterocycles. The van der Waals surface area contributed by atoms with Gasteiger partial charge in [0.1, 0.15) is 5.66 Å². The average Bonchev–Trinajstić information content (AvgIpc) is 2.77. The zero-order chi connectivity index (χ0) is 28.0. The van der Waals surface area contributed by atoms with Gasteiger partial charge in [0, 0.05) is 17.5 Å². The molecule has 6 N–H and O–H groups in total. The molecule has 12 nitrogen and oxygen atoms in total. The van der Waals surface area contributed by atoms with Crippen LogP contribution in [0.1, 0.15) is 26.3 Å². The van der Waals surface area contributed by atoms with E-state index in [9.17, 15) is 25.5 Å². The molecule has 2 aromatic rings. The first-order valence-corrected chi connectivity index (χ1v) is 13.6. The summed E-state index contributed by atoms with van der Waals surface area (Å²) >= 11 is 0. The van der Waals surface area contributed by atoms with Gasteiger partial charge in [-0.15, -0.1) is 3.89 Å². The molecular formula is C22H27FN6O6S2. The molecule has 3 rings (SSSR count). The van der Waals surface area contributed by atoms with E-state index in [1.807, 2.05) is 26.0 Å². The van der Waals surface area contributed by atoms with Gasteiger partial charge in [0.05, 0.1) is 10.6 Å². The molecule has 0 radical (unpaired) electrons. The third-order valence-corrected chi connectivity index (χ3v) is 6.31. The summed E-state index contributed by atoms with van der Waals surface area (Å²) < 4.78 is 61.5. The van der Waals surface area contributed by atoms with Gasteiger partial charge in [-0.2, -0.15) is 21.8 Å². The van der Waals surface area contributed by atoms with E-state index >= 15 is 0 Å². The van der Waals surface area contributed by atoms with Gasteiger partial charge in [-0.25, -0.2) is 4.99 Å². The minimum atomic E-state index is -4.78. The quantitative estimate of drug-likeness (QED) is 0.234. The highest BCUT2D eigenvalue weighted by Crippen LogP contribution is 2.27. The summed E-state index contributed by atoms with van der Waals surface area (Å²) in [5.41, 5.74) is 12.8. The summed E-state index contributed by atoms with van der Waals surface area (Å²) in [6.45, 7) is 5.08. The van der Waals surface area contributed by atoms with Gasteiger partial charge in [0.15, 0.2) is 0 Å². The van der Waals surface area contributed by atoms with Crippen LogP contribution < -0.4 is 21.7 Å². The minimum Gasteiger partial charge on any atom is -0.369 e. The van der Waals surface area contributed by atoms with E-state index in [0.717, 1.165) is 23.4 Å². The number of guanidine groups is 2. The van der Waals surface area contributed by atoms with Crippen molar-refractivity contribution in [2.24, 2.45) is 21.5 Å². The summed E-state index contributed by atoms with van der Waals surface area (Å²) in [6, 6.07) is 12.0. The Kier molecular flexibility index (Phi) is 9.13. The molecule has 0 bridgehead atoms. The predicted octanol–water partition coefficient (Wildman–Crippen LogP) is 2.08. The smallest absolute Gasteiger partial charge is 0.332 e. The zero-order valence-corrected chi connectivity index (χ0v) is 21.8. The largest absolute Gasteiger partial charge is 0.369 e. The second kappa shape index (κ2) is 11.5. The van der Waals surface area contributed by atoms with Crippen LogP contribution in [0.4, 0.5) is 15.3 Å². The fourth-order valence-electron chi connectivity index (χ4n) is 3.04. The molecule has 0 saturated heterocycles. The fraction of sp³-hybridized carbons (Fsp3) is 0.227. The Hall–Kier alpha value is -3.82. The van der Waals surface area contributed by atoms with Crippen LogP contribution in [0.5, 0.6) is 0 Å². The first kappa shape index (κ1) is 29.4. The van der Waals surface area contributed by atoms with Crippen molar-refractivity contribution in [3.63, 3.8) is 0 Å². The lowest BCUT2D eigenvalue weighted by Gasteiger charge is -2.38. The van der Waals surface area contributed by atoms with E-state index in [0.29, 0.717) is 5.69 Å². The topological polar surface area (TPSA) is 198 Å². The van der Waals surface area contributed by atoms with Crippen molar-refractivity contribution < 1.29 is 30.1 Å². The summed E-state index contributed by atoms with van der Waals surface area (Å²) in [4.78, 5) is 21.6. The van der Waals surface area contributed by atoms with Crippen LogP contribution in [-0.4, -0.2) is 50.6 Å². The Labute approximate surface area is 214 Å². The fourth-order valence-corrected chi connectivity index (χ4v) is 3.50. The second-order valence-electron chi connectivity index (χ2n) is 8.02. The highest BCUT2D eigenvalue weighted by molar-refractivity contribution is 7.86. The third-order valence-electron chi connectivity index (χ3n) is 4.74. The molecule has 1 aliphatic rings. The van der Waals surface area contributed by atoms with Crippen LogP contribution in [0.2, 0.25) is 0 Å². The van der Waals surface area contributed by atoms with Crippen molar-refractivity contribution in [1.82, 2.24) is 0 Å². The third kappa shape index (κ3) is 8.96. The second-order valence-corrected chi connectivity index (χ2v) is 11.1. The predicted molar refractivity (Wildman–Crippen MR) is 141 cm³/mol. The summed E-state index contributed by atoms with van der Waals surface area (Å²) in [5, 5.41) is 2.56. The van der Waals surface area contributed by atoms with Gasteiger partial charge in [-0.05, 0) is 68.8 Å². The van der Waals surface area contributed by atoms with Crippen molar-refractivity contribution in [3.8, 4) is 0 Å². The molecule has 0 spiro atoms. The van der Waals surface area contributed by atoms with E-state index in [2.05, 4.69) is 15.3 Å². The number of rotatable bonds is 6. The maximum Gasteiger partial charge on any atom is 0.332 e. The first-order chi connectivity index (χ1) is 17.0. The summed E-state index contributed by atoms with van der Waals surface area (Å²) in [7, 11) is -8.44. The molecule has 1 heterocycles. The van der Waals surface area contributed by atoms with Crippen molar-refractivity contribution in [3.05, 3.63) is 60.2 Å². The van der Waals surface area contributed by atoms with Crippen molar-refractivity contribution in [2.75, 3.05) is 16.0 Å². The number of aliphatic imine (C=N–C) groups is 2. The number of anilines is 2. The monoisotopic (exact) mass is 554 g/mol. The zero-order valence-electron chi connectivity index (χ0n) is 20.2. The molecular weight excluding hydrogens is 527 g/mol. The summed E-state index contributed by atoms with van der Waals surface area (Å²) in [5.74, 6) is -0.289. The van der Waals surface area contributed by atoms with Crippen LogP contribution >= 0.6 is 0 Å². The van der Waals surface area contributed by atoms with Gasteiger partial charge in [-0.3, -0.25) is 14.2 Å². The number of benzene rings is 2. The molecule has 0 atom stereocenters. The molecule has 200 valence electrons. The van der Waals surface area contributed by atoms with Crippen LogP contribution in [-0.2, 0) is 25.1 Å². The van der Waals surface area contributed by atoms with E-state index in [1.165, 1.54) is 25.1 Å². The van der Waals surface area contributed by atoms with Crippen LogP contribution in [0, 0.1) is 0 Å². The standard InChI is InChI=1S/C20H21FN6O3S.C2H6O3S/c1-20(2)26-18(22)25-19(23)27(20)15-8-3-13(4-9-15)5-12-17(28)24-14-6-10-16(11-7-14)31(21,29)30;1-2-6(3,4)5/h3-12H,1-2H3,(H,24,28)(H4,22,23,25,26);2H2,1H3,(H,3,4,5). The highest BCUT2D eigenvalue weighted by atomic mass is 32.3. The molecule has 0 saturated carbocycles. The Morgan fingerprint density at radius 2 is 1.62 bits per heavy atom. The van der Waals surface area contributed by atoms with E-state index in [-0.39, 0.29) is 17.7 Å². The van der Waals surface area contributed by atoms with Crippen molar-refractivity contribution in [2.45, 2.75) is 31.3 Å². The van der Waals surface area contributed by atoms with Crippen LogP contribution in [0.3, 0.4) is 0 Å². The Morgan fingerprint density at radius 1 is 1.08 bits per heavy atom. The Bertz CT molecular complexity index is 1440. The molecule has 2 aromatic carbocycles. The molecule has 0 unspecified atom stereocenters. The maximum atomic E-state index is 12.9. The molecule has 0 fully saturated rings. The lowest BCUT2D eigenvalue weighted by atomic mass is 10.1. The average molecular weight is 555 g/mol. The molecule has 37 heavy (non-hydrogen) atoms. The molecule has 1 amide bonds. The number of amides is 1. The number of nitrogens with two attached hydrogens (primary N) is 2. The van der Waals surface area contributed by atoms with Gasteiger partial charge in [0.2, 0.25) is 17.8 Å². The molecule has 15 heteroatoms. The number of hydrogen-bond donors (Lipinski definition) is 4. The first-order valence-electron chi connectivity index (χ1n) is 10.6. The molecule has 0 aromatic heterocycles. The van der Waals surface area contributed by atoms with Crippen molar-refractivity contribution in [1.29, 1.82) is 0 Å². The van der Waals surface area contributed by atoms with Gasteiger partial charge in [-0.1, -0.05) is 12.1 Å². The maximum absolute atomic E-state index is 12.9. The number of hydrogen-bond acceptors (Lipinski definition) is 10. The lowest BCUT2D eigenvalue weighted by molar-refractivity contribution is -0.111. The number of carbonyl (C=O) groups excluding carboxylic acids is 1. The summed E-state index contributed by atoms with van der Waals surface area (Å²) in [6.07, 6.45) is 2.93. The Morgan fingerprint density at radius 3 is 2.08 bits per heavy atom. The van der Waals surface area contributed by atoms with E-state index in [1.54, 1.807) is 23.1 Å². The van der Waals surface area contributed by atoms with E-state index in [4.69, 9.17) is 16.0 Å². The minimum absolute atomic E-state index is 0.116. The van der Waals surface area contributed by atoms with Gasteiger partial charge in [0.25, 0.3) is 10.1 Å². The number of nitrogens with zero attached hydrogens (tertiary/aromatic N) is 3.